The van der Waals surface area contributed by atoms with Gasteiger partial charge in [0, 0.05) is 31.1 Å². The zero-order valence-electron chi connectivity index (χ0n) is 16.8. The number of nitrogens with one attached hydrogen (secondary N) is 2. The molecule has 2 aromatic rings. The van der Waals surface area contributed by atoms with Crippen molar-refractivity contribution in [2.24, 2.45) is 5.92 Å². The summed E-state index contributed by atoms with van der Waals surface area (Å²) in [7, 11) is 0. The summed E-state index contributed by atoms with van der Waals surface area (Å²) in [6.07, 6.45) is 2.62. The van der Waals surface area contributed by atoms with E-state index in [1.54, 1.807) is 35.4 Å². The van der Waals surface area contributed by atoms with Crippen LogP contribution >= 0.6 is 0 Å². The molecule has 1 aliphatic heterocycles. The predicted octanol–water partition coefficient (Wildman–Crippen LogP) is 2.47. The first-order valence-electron chi connectivity index (χ1n) is 9.94. The molecular formula is C22H27N3O4. The second-order valence-corrected chi connectivity index (χ2v) is 7.46. The highest BCUT2D eigenvalue weighted by atomic mass is 16.3. The lowest BCUT2D eigenvalue weighted by molar-refractivity contribution is -0.129. The van der Waals surface area contributed by atoms with Gasteiger partial charge in [-0.3, -0.25) is 14.4 Å². The van der Waals surface area contributed by atoms with Crippen LogP contribution in [0.4, 0.5) is 0 Å². The SMILES string of the molecule is CCC(C)NC(=O)c1cccc(CNC(=O)C2CC(=O)N(Cc3ccco3)C2)c1. The summed E-state index contributed by atoms with van der Waals surface area (Å²) in [5.74, 6) is -0.0104. The smallest absolute Gasteiger partial charge is 0.251 e. The number of nitrogens with zero attached hydrogens (tertiary/aromatic N) is 1. The van der Waals surface area contributed by atoms with Gasteiger partial charge in [0.15, 0.2) is 0 Å². The van der Waals surface area contributed by atoms with Gasteiger partial charge in [0.25, 0.3) is 5.91 Å². The van der Waals surface area contributed by atoms with Gasteiger partial charge in [0.2, 0.25) is 11.8 Å². The molecule has 2 N–H and O–H groups in total. The van der Waals surface area contributed by atoms with Crippen molar-refractivity contribution in [1.82, 2.24) is 15.5 Å². The molecule has 29 heavy (non-hydrogen) atoms. The van der Waals surface area contributed by atoms with Crippen LogP contribution in [0.15, 0.2) is 47.1 Å². The summed E-state index contributed by atoms with van der Waals surface area (Å²) < 4.78 is 5.28. The minimum Gasteiger partial charge on any atom is -0.467 e. The molecule has 2 atom stereocenters. The Hall–Kier alpha value is -3.09. The van der Waals surface area contributed by atoms with E-state index in [1.165, 1.54) is 0 Å². The van der Waals surface area contributed by atoms with Crippen LogP contribution in [0.25, 0.3) is 0 Å². The zero-order chi connectivity index (χ0) is 20.8. The van der Waals surface area contributed by atoms with Gasteiger partial charge in [-0.05, 0) is 43.2 Å². The van der Waals surface area contributed by atoms with Crippen molar-refractivity contribution in [2.75, 3.05) is 6.54 Å². The van der Waals surface area contributed by atoms with Crippen LogP contribution in [0, 0.1) is 5.92 Å². The van der Waals surface area contributed by atoms with E-state index in [2.05, 4.69) is 10.6 Å². The third kappa shape index (κ3) is 5.47. The van der Waals surface area contributed by atoms with Crippen molar-refractivity contribution >= 4 is 17.7 Å². The van der Waals surface area contributed by atoms with E-state index in [-0.39, 0.29) is 36.1 Å². The molecule has 1 saturated heterocycles. The van der Waals surface area contributed by atoms with E-state index >= 15 is 0 Å². The summed E-state index contributed by atoms with van der Waals surface area (Å²) >= 11 is 0. The van der Waals surface area contributed by atoms with Gasteiger partial charge in [-0.1, -0.05) is 19.1 Å². The maximum absolute atomic E-state index is 12.5. The second-order valence-electron chi connectivity index (χ2n) is 7.46. The van der Waals surface area contributed by atoms with Gasteiger partial charge in [-0.15, -0.1) is 0 Å². The predicted molar refractivity (Wildman–Crippen MR) is 108 cm³/mol. The molecule has 0 spiro atoms. The maximum atomic E-state index is 12.5. The van der Waals surface area contributed by atoms with E-state index < -0.39 is 0 Å². The topological polar surface area (TPSA) is 91.7 Å². The van der Waals surface area contributed by atoms with Crippen molar-refractivity contribution < 1.29 is 18.8 Å². The van der Waals surface area contributed by atoms with Crippen LogP contribution in [0.3, 0.4) is 0 Å². The molecule has 7 nitrogen and oxygen atoms in total. The van der Waals surface area contributed by atoms with Crippen LogP contribution in [0.5, 0.6) is 0 Å². The molecule has 3 amide bonds. The van der Waals surface area contributed by atoms with Crippen LogP contribution in [-0.4, -0.2) is 35.2 Å². The fourth-order valence-electron chi connectivity index (χ4n) is 3.26. The molecule has 2 unspecified atom stereocenters. The maximum Gasteiger partial charge on any atom is 0.251 e. The molecular weight excluding hydrogens is 370 g/mol. The Balaban J connectivity index is 1.52. The Labute approximate surface area is 170 Å². The first-order chi connectivity index (χ1) is 14.0. The Morgan fingerprint density at radius 3 is 2.83 bits per heavy atom. The molecule has 1 aliphatic rings. The Morgan fingerprint density at radius 2 is 2.10 bits per heavy atom. The number of carbonyl (C=O) groups excluding carboxylic acids is 3. The van der Waals surface area contributed by atoms with Gasteiger partial charge in [-0.2, -0.15) is 0 Å². The number of rotatable bonds is 8. The third-order valence-corrected chi connectivity index (χ3v) is 5.16. The molecule has 0 aliphatic carbocycles. The summed E-state index contributed by atoms with van der Waals surface area (Å²) in [5.41, 5.74) is 1.41. The van der Waals surface area contributed by atoms with Crippen LogP contribution < -0.4 is 10.6 Å². The molecule has 154 valence electrons. The summed E-state index contributed by atoms with van der Waals surface area (Å²) in [4.78, 5) is 38.6. The van der Waals surface area contributed by atoms with Gasteiger partial charge in [-0.25, -0.2) is 0 Å². The molecule has 1 aromatic carbocycles. The zero-order valence-corrected chi connectivity index (χ0v) is 16.8. The fraction of sp³-hybridized carbons (Fsp3) is 0.409. The van der Waals surface area contributed by atoms with Gasteiger partial charge in [0.1, 0.15) is 5.76 Å². The van der Waals surface area contributed by atoms with Crippen molar-refractivity contribution in [3.63, 3.8) is 0 Å². The van der Waals surface area contributed by atoms with Crippen molar-refractivity contribution in [3.05, 3.63) is 59.5 Å². The minimum absolute atomic E-state index is 0.0507. The molecule has 1 fully saturated rings. The number of amides is 3. The van der Waals surface area contributed by atoms with Gasteiger partial charge < -0.3 is 20.0 Å². The lowest BCUT2D eigenvalue weighted by Crippen LogP contribution is -2.33. The summed E-state index contributed by atoms with van der Waals surface area (Å²) in [6.45, 7) is 5.04. The van der Waals surface area contributed by atoms with E-state index in [1.807, 2.05) is 26.0 Å². The van der Waals surface area contributed by atoms with Crippen LogP contribution in [0.2, 0.25) is 0 Å². The van der Waals surface area contributed by atoms with Crippen LogP contribution in [-0.2, 0) is 22.7 Å². The monoisotopic (exact) mass is 397 g/mol. The first kappa shape index (κ1) is 20.6. The number of benzene rings is 1. The number of likely N-dealkylation sites (tertiary alicyclic amines) is 1. The standard InChI is InChI=1S/C22H27N3O4/c1-3-15(2)24-22(28)17-7-4-6-16(10-17)12-23-21(27)18-11-20(26)25(13-18)14-19-8-5-9-29-19/h4-10,15,18H,3,11-14H2,1-2H3,(H,23,27)(H,24,28). The van der Waals surface area contributed by atoms with Gasteiger partial charge >= 0.3 is 0 Å². The summed E-state index contributed by atoms with van der Waals surface area (Å²) in [5, 5.41) is 5.82. The average Bonchev–Trinajstić information content (AvgIpc) is 3.36. The molecule has 3 rings (SSSR count). The first-order valence-corrected chi connectivity index (χ1v) is 9.94. The molecule has 1 aromatic heterocycles. The molecule has 0 saturated carbocycles. The lowest BCUT2D eigenvalue weighted by atomic mass is 10.1. The molecule has 0 bridgehead atoms. The lowest BCUT2D eigenvalue weighted by Gasteiger charge is -2.15. The normalized spacial score (nSPS) is 17.2. The highest BCUT2D eigenvalue weighted by Crippen LogP contribution is 2.20. The minimum atomic E-state index is -0.380. The summed E-state index contributed by atoms with van der Waals surface area (Å²) in [6, 6.07) is 10.9. The molecule has 7 heteroatoms. The fourth-order valence-corrected chi connectivity index (χ4v) is 3.26. The van der Waals surface area contributed by atoms with Crippen molar-refractivity contribution in [2.45, 2.75) is 45.8 Å². The highest BCUT2D eigenvalue weighted by Gasteiger charge is 2.34. The quantitative estimate of drug-likeness (QED) is 0.716. The third-order valence-electron chi connectivity index (χ3n) is 5.16. The Kier molecular flexibility index (Phi) is 6.69. The average molecular weight is 397 g/mol. The number of carbonyl (C=O) groups is 3. The molecule has 0 radical (unpaired) electrons. The van der Waals surface area contributed by atoms with E-state index in [0.717, 1.165) is 12.0 Å². The van der Waals surface area contributed by atoms with Crippen molar-refractivity contribution in [1.29, 1.82) is 0 Å². The number of hydrogen-bond donors (Lipinski definition) is 2. The van der Waals surface area contributed by atoms with Crippen molar-refractivity contribution in [3.8, 4) is 0 Å². The number of furan rings is 1. The van der Waals surface area contributed by atoms with E-state index in [9.17, 15) is 14.4 Å². The Bertz CT molecular complexity index is 863. The Morgan fingerprint density at radius 1 is 1.28 bits per heavy atom. The highest BCUT2D eigenvalue weighted by molar-refractivity contribution is 5.94. The number of hydrogen-bond acceptors (Lipinski definition) is 4. The largest absolute Gasteiger partial charge is 0.467 e. The van der Waals surface area contributed by atoms with Gasteiger partial charge in [0.05, 0.1) is 18.7 Å². The van der Waals surface area contributed by atoms with Crippen LogP contribution in [0.1, 0.15) is 48.4 Å². The van der Waals surface area contributed by atoms with E-state index in [0.29, 0.717) is 31.0 Å². The second kappa shape index (κ2) is 9.41. The van der Waals surface area contributed by atoms with E-state index in [4.69, 9.17) is 4.42 Å². The molecule has 2 heterocycles.